The Balaban J connectivity index is 1.50. The van der Waals surface area contributed by atoms with E-state index in [1.807, 2.05) is 0 Å². The molecule has 0 spiro atoms. The standard InChI is InChI=1S/C22H32O3/c1-21-8-5-14(23)11-13(21)3-4-15-16(21)6-9-22(2)17(15)12-19-20(22)18(24)7-10-25-19/h3,14-17,19-20,23H,4-12H2,1-2H3/t14-,15+,16-,17+,19-,20-,21+,22+/m1/s1. The molecule has 25 heavy (non-hydrogen) atoms. The van der Waals surface area contributed by atoms with E-state index < -0.39 is 0 Å². The molecular weight excluding hydrogens is 312 g/mol. The lowest BCUT2D eigenvalue weighted by Gasteiger charge is -2.57. The summed E-state index contributed by atoms with van der Waals surface area (Å²) in [6.07, 6.45) is 10.8. The van der Waals surface area contributed by atoms with Crippen molar-refractivity contribution >= 4 is 5.78 Å². The minimum absolute atomic E-state index is 0.134. The summed E-state index contributed by atoms with van der Waals surface area (Å²) in [5.41, 5.74) is 1.96. The number of Topliss-reactive ketones (excluding diaryl/α,β-unsaturated/α-hetero) is 1. The van der Waals surface area contributed by atoms with Crippen molar-refractivity contribution in [2.75, 3.05) is 6.61 Å². The average Bonchev–Trinajstić information content (AvgIpc) is 2.89. The zero-order valence-corrected chi connectivity index (χ0v) is 15.7. The van der Waals surface area contributed by atoms with E-state index in [4.69, 9.17) is 4.74 Å². The first-order chi connectivity index (χ1) is 11.9. The fourth-order valence-corrected chi connectivity index (χ4v) is 7.84. The van der Waals surface area contributed by atoms with Crippen LogP contribution < -0.4 is 0 Å². The van der Waals surface area contributed by atoms with E-state index in [0.29, 0.717) is 30.6 Å². The summed E-state index contributed by atoms with van der Waals surface area (Å²) in [7, 11) is 0. The van der Waals surface area contributed by atoms with E-state index in [2.05, 4.69) is 19.9 Å². The van der Waals surface area contributed by atoms with Crippen molar-refractivity contribution in [2.24, 2.45) is 34.5 Å². The molecule has 5 aliphatic rings. The smallest absolute Gasteiger partial charge is 0.141 e. The van der Waals surface area contributed by atoms with Gasteiger partial charge in [-0.2, -0.15) is 0 Å². The predicted octanol–water partition coefficient (Wildman–Crippen LogP) is 3.89. The zero-order chi connectivity index (χ0) is 17.4. The van der Waals surface area contributed by atoms with Gasteiger partial charge in [-0.1, -0.05) is 25.5 Å². The van der Waals surface area contributed by atoms with Crippen LogP contribution in [-0.4, -0.2) is 29.7 Å². The number of carbonyl (C=O) groups excluding carboxylic acids is 1. The number of rotatable bonds is 0. The van der Waals surface area contributed by atoms with Gasteiger partial charge in [0.05, 0.1) is 18.8 Å². The molecule has 3 saturated carbocycles. The third-order valence-electron chi connectivity index (χ3n) is 9.11. The van der Waals surface area contributed by atoms with Gasteiger partial charge in [0, 0.05) is 12.3 Å². The predicted molar refractivity (Wildman–Crippen MR) is 95.9 cm³/mol. The molecule has 0 radical (unpaired) electrons. The maximum Gasteiger partial charge on any atom is 0.141 e. The molecule has 0 aromatic heterocycles. The summed E-state index contributed by atoms with van der Waals surface area (Å²) >= 11 is 0. The lowest BCUT2D eigenvalue weighted by Crippen LogP contribution is -2.51. The molecule has 5 rings (SSSR count). The molecular formula is C22H32O3. The Morgan fingerprint density at radius 3 is 2.88 bits per heavy atom. The van der Waals surface area contributed by atoms with Crippen LogP contribution in [0.4, 0.5) is 0 Å². The van der Waals surface area contributed by atoms with Gasteiger partial charge in [-0.3, -0.25) is 4.79 Å². The Kier molecular flexibility index (Phi) is 3.58. The number of fused-ring (bicyclic) bond motifs is 7. The Bertz CT molecular complexity index is 625. The molecule has 0 unspecified atom stereocenters. The second-order valence-electron chi connectivity index (χ2n) is 10.0. The van der Waals surface area contributed by atoms with Crippen molar-refractivity contribution in [2.45, 2.75) is 77.4 Å². The maximum absolute atomic E-state index is 12.7. The van der Waals surface area contributed by atoms with Crippen molar-refractivity contribution < 1.29 is 14.6 Å². The highest BCUT2D eigenvalue weighted by Gasteiger charge is 2.63. The van der Waals surface area contributed by atoms with Crippen LogP contribution in [0.2, 0.25) is 0 Å². The highest BCUT2D eigenvalue weighted by molar-refractivity contribution is 5.83. The van der Waals surface area contributed by atoms with Crippen molar-refractivity contribution in [3.05, 3.63) is 11.6 Å². The molecule has 3 heteroatoms. The van der Waals surface area contributed by atoms with Crippen molar-refractivity contribution in [3.63, 3.8) is 0 Å². The van der Waals surface area contributed by atoms with Gasteiger partial charge in [0.1, 0.15) is 5.78 Å². The normalized spacial score (nSPS) is 54.8. The van der Waals surface area contributed by atoms with Gasteiger partial charge in [0.25, 0.3) is 0 Å². The Hall–Kier alpha value is -0.670. The Morgan fingerprint density at radius 2 is 2.04 bits per heavy atom. The third-order valence-corrected chi connectivity index (χ3v) is 9.11. The topological polar surface area (TPSA) is 46.5 Å². The third kappa shape index (κ3) is 2.15. The van der Waals surface area contributed by atoms with Crippen LogP contribution >= 0.6 is 0 Å². The number of ketones is 1. The number of hydrogen-bond acceptors (Lipinski definition) is 3. The number of aliphatic hydroxyl groups is 1. The van der Waals surface area contributed by atoms with E-state index in [0.717, 1.165) is 38.0 Å². The fourth-order valence-electron chi connectivity index (χ4n) is 7.84. The SMILES string of the molecule is C[C@]12CC[C@@H]3[C@H](CC=C4C[C@H](O)CC[C@@]43C)[C@@H]1C[C@H]1OCCC(=O)[C@H]12. The van der Waals surface area contributed by atoms with Gasteiger partial charge in [-0.25, -0.2) is 0 Å². The number of ether oxygens (including phenoxy) is 1. The number of hydrogen-bond donors (Lipinski definition) is 1. The number of carbonyl (C=O) groups is 1. The molecule has 138 valence electrons. The molecule has 0 bridgehead atoms. The summed E-state index contributed by atoms with van der Waals surface area (Å²) in [4.78, 5) is 12.7. The van der Waals surface area contributed by atoms with Crippen LogP contribution in [0, 0.1) is 34.5 Å². The first kappa shape index (κ1) is 16.5. The van der Waals surface area contributed by atoms with Crippen molar-refractivity contribution in [1.82, 2.24) is 0 Å². The highest BCUT2D eigenvalue weighted by Crippen LogP contribution is 2.67. The van der Waals surface area contributed by atoms with E-state index >= 15 is 0 Å². The van der Waals surface area contributed by atoms with E-state index in [9.17, 15) is 9.90 Å². The molecule has 8 atom stereocenters. The van der Waals surface area contributed by atoms with E-state index in [1.165, 1.54) is 18.4 Å². The van der Waals surface area contributed by atoms with Crippen LogP contribution in [0.3, 0.4) is 0 Å². The first-order valence-electron chi connectivity index (χ1n) is 10.5. The monoisotopic (exact) mass is 344 g/mol. The maximum atomic E-state index is 12.7. The van der Waals surface area contributed by atoms with Crippen LogP contribution in [0.5, 0.6) is 0 Å². The van der Waals surface area contributed by atoms with Crippen LogP contribution in [0.15, 0.2) is 11.6 Å². The molecule has 1 aliphatic heterocycles. The average molecular weight is 344 g/mol. The Morgan fingerprint density at radius 1 is 1.20 bits per heavy atom. The van der Waals surface area contributed by atoms with E-state index in [-0.39, 0.29) is 29.0 Å². The quantitative estimate of drug-likeness (QED) is 0.678. The van der Waals surface area contributed by atoms with Gasteiger partial charge >= 0.3 is 0 Å². The molecule has 0 aromatic rings. The van der Waals surface area contributed by atoms with Crippen molar-refractivity contribution in [3.8, 4) is 0 Å². The van der Waals surface area contributed by atoms with Gasteiger partial charge in [0.2, 0.25) is 0 Å². The second kappa shape index (κ2) is 5.42. The van der Waals surface area contributed by atoms with Crippen LogP contribution in [0.1, 0.15) is 65.2 Å². The zero-order valence-electron chi connectivity index (χ0n) is 15.7. The van der Waals surface area contributed by atoms with Gasteiger partial charge < -0.3 is 9.84 Å². The summed E-state index contributed by atoms with van der Waals surface area (Å²) in [5.74, 6) is 2.68. The minimum Gasteiger partial charge on any atom is -0.393 e. The summed E-state index contributed by atoms with van der Waals surface area (Å²) < 4.78 is 6.09. The van der Waals surface area contributed by atoms with Crippen molar-refractivity contribution in [1.29, 1.82) is 0 Å². The van der Waals surface area contributed by atoms with Gasteiger partial charge in [-0.05, 0) is 73.5 Å². The summed E-state index contributed by atoms with van der Waals surface area (Å²) in [5, 5.41) is 10.1. The summed E-state index contributed by atoms with van der Waals surface area (Å²) in [6, 6.07) is 0. The van der Waals surface area contributed by atoms with E-state index in [1.54, 1.807) is 0 Å². The highest BCUT2D eigenvalue weighted by atomic mass is 16.5. The fraction of sp³-hybridized carbons (Fsp3) is 0.864. The van der Waals surface area contributed by atoms with Crippen LogP contribution in [-0.2, 0) is 9.53 Å². The molecule has 0 amide bonds. The van der Waals surface area contributed by atoms with Crippen LogP contribution in [0.25, 0.3) is 0 Å². The Labute approximate surface area is 151 Å². The lowest BCUT2D eigenvalue weighted by atomic mass is 9.47. The largest absolute Gasteiger partial charge is 0.393 e. The molecule has 4 fully saturated rings. The molecule has 4 aliphatic carbocycles. The number of allylic oxidation sites excluding steroid dienone is 1. The van der Waals surface area contributed by atoms with Gasteiger partial charge in [-0.15, -0.1) is 0 Å². The molecule has 3 nitrogen and oxygen atoms in total. The molecule has 1 saturated heterocycles. The summed E-state index contributed by atoms with van der Waals surface area (Å²) in [6.45, 7) is 5.50. The second-order valence-corrected chi connectivity index (χ2v) is 10.0. The van der Waals surface area contributed by atoms with Gasteiger partial charge in [0.15, 0.2) is 0 Å². The number of aliphatic hydroxyl groups excluding tert-OH is 1. The first-order valence-corrected chi connectivity index (χ1v) is 10.5. The minimum atomic E-state index is -0.134. The lowest BCUT2D eigenvalue weighted by molar-refractivity contribution is -0.143. The molecule has 1 heterocycles. The molecule has 1 N–H and O–H groups in total. The molecule has 0 aromatic carbocycles.